The lowest BCUT2D eigenvalue weighted by molar-refractivity contribution is -0.384. The quantitative estimate of drug-likeness (QED) is 0.189. The Morgan fingerprint density at radius 1 is 1.25 bits per heavy atom. The fourth-order valence-electron chi connectivity index (χ4n) is 3.16. The van der Waals surface area contributed by atoms with E-state index in [0.717, 1.165) is 16.8 Å². The fourth-order valence-corrected chi connectivity index (χ4v) is 3.39. The van der Waals surface area contributed by atoms with Crippen molar-refractivity contribution in [3.63, 3.8) is 0 Å². The summed E-state index contributed by atoms with van der Waals surface area (Å²) in [5.74, 6) is 0.791. The molecule has 0 unspecified atom stereocenters. The maximum Gasteiger partial charge on any atom is 0.271 e. The van der Waals surface area contributed by atoms with Crippen molar-refractivity contribution in [2.45, 2.75) is 27.0 Å². The van der Waals surface area contributed by atoms with Crippen LogP contribution >= 0.6 is 11.6 Å². The Kier molecular flexibility index (Phi) is 7.27. The van der Waals surface area contributed by atoms with Crippen molar-refractivity contribution in [1.82, 2.24) is 9.78 Å². The number of ketones is 1. The molecule has 0 bridgehead atoms. The first-order valence-electron chi connectivity index (χ1n) is 9.82. The Morgan fingerprint density at radius 2 is 2.00 bits per heavy atom. The van der Waals surface area contributed by atoms with Gasteiger partial charge in [0.25, 0.3) is 5.69 Å². The summed E-state index contributed by atoms with van der Waals surface area (Å²) in [4.78, 5) is 22.9. The van der Waals surface area contributed by atoms with Gasteiger partial charge < -0.3 is 9.47 Å². The number of hydrogen-bond acceptors (Lipinski definition) is 6. The highest BCUT2D eigenvalue weighted by Gasteiger charge is 2.13. The van der Waals surface area contributed by atoms with Crippen LogP contribution in [0.3, 0.4) is 0 Å². The number of halogens is 1. The molecule has 0 saturated heterocycles. The average molecular weight is 456 g/mol. The topological polar surface area (TPSA) is 96.5 Å². The average Bonchev–Trinajstić information content (AvgIpc) is 3.16. The highest BCUT2D eigenvalue weighted by Crippen LogP contribution is 2.30. The number of aryl methyl sites for hydroxylation is 1. The maximum atomic E-state index is 12.5. The number of rotatable bonds is 9. The third-order valence-electron chi connectivity index (χ3n) is 4.91. The minimum Gasteiger partial charge on any atom is -0.496 e. The van der Waals surface area contributed by atoms with E-state index < -0.39 is 4.92 Å². The van der Waals surface area contributed by atoms with Gasteiger partial charge in [-0.05, 0) is 43.7 Å². The van der Waals surface area contributed by atoms with Crippen molar-refractivity contribution in [3.8, 4) is 11.5 Å². The Morgan fingerprint density at radius 3 is 2.62 bits per heavy atom. The van der Waals surface area contributed by atoms with E-state index in [4.69, 9.17) is 21.1 Å². The van der Waals surface area contributed by atoms with Crippen LogP contribution in [-0.4, -0.2) is 27.6 Å². The highest BCUT2D eigenvalue weighted by molar-refractivity contribution is 6.32. The first-order chi connectivity index (χ1) is 15.3. The van der Waals surface area contributed by atoms with Gasteiger partial charge in [0.1, 0.15) is 18.1 Å². The highest BCUT2D eigenvalue weighted by atomic mass is 35.5. The number of non-ortho nitro benzene ring substituents is 1. The molecule has 0 fully saturated rings. The molecular formula is C23H22ClN3O5. The van der Waals surface area contributed by atoms with E-state index in [9.17, 15) is 14.9 Å². The molecule has 0 radical (unpaired) electrons. The number of aromatic nitrogens is 2. The van der Waals surface area contributed by atoms with Gasteiger partial charge in [-0.1, -0.05) is 23.7 Å². The first-order valence-corrected chi connectivity index (χ1v) is 10.2. The lowest BCUT2D eigenvalue weighted by Crippen LogP contribution is -2.02. The standard InChI is InChI=1S/C23H22ClN3O5/c1-4-26-15(2)19(13-25-26)21(28)8-5-16-6-9-22(31-3)17(11-16)14-32-23-10-7-18(27(29)30)12-20(23)24/h5-13H,4,14H2,1-3H3/b8-5+. The van der Waals surface area contributed by atoms with E-state index in [1.807, 2.05) is 26.0 Å². The maximum absolute atomic E-state index is 12.5. The van der Waals surface area contributed by atoms with Crippen molar-refractivity contribution < 1.29 is 19.2 Å². The lowest BCUT2D eigenvalue weighted by Gasteiger charge is -2.12. The Hall–Kier alpha value is -3.65. The molecule has 3 rings (SSSR count). The van der Waals surface area contributed by atoms with Gasteiger partial charge in [-0.2, -0.15) is 5.10 Å². The third-order valence-corrected chi connectivity index (χ3v) is 5.20. The Labute approximate surface area is 190 Å². The summed E-state index contributed by atoms with van der Waals surface area (Å²) in [7, 11) is 1.55. The summed E-state index contributed by atoms with van der Waals surface area (Å²) in [6.45, 7) is 4.65. The van der Waals surface area contributed by atoms with Crippen molar-refractivity contribution >= 4 is 29.1 Å². The third kappa shape index (κ3) is 5.15. The van der Waals surface area contributed by atoms with Crippen LogP contribution in [0.4, 0.5) is 5.69 Å². The van der Waals surface area contributed by atoms with E-state index >= 15 is 0 Å². The number of benzene rings is 2. The van der Waals surface area contributed by atoms with Crippen LogP contribution in [0, 0.1) is 17.0 Å². The van der Waals surface area contributed by atoms with E-state index in [1.165, 1.54) is 24.3 Å². The predicted molar refractivity (Wildman–Crippen MR) is 121 cm³/mol. The number of carbonyl (C=O) groups is 1. The molecule has 1 aromatic heterocycles. The molecule has 0 saturated carbocycles. The van der Waals surface area contributed by atoms with Crippen molar-refractivity contribution in [1.29, 1.82) is 0 Å². The van der Waals surface area contributed by atoms with Gasteiger partial charge in [0, 0.05) is 29.9 Å². The smallest absolute Gasteiger partial charge is 0.271 e. The van der Waals surface area contributed by atoms with Gasteiger partial charge in [0.2, 0.25) is 0 Å². The Balaban J connectivity index is 1.76. The number of nitro benzene ring substituents is 1. The minimum absolute atomic E-state index is 0.114. The second-order valence-electron chi connectivity index (χ2n) is 6.89. The summed E-state index contributed by atoms with van der Waals surface area (Å²) >= 11 is 6.10. The number of hydrogen-bond donors (Lipinski definition) is 0. The summed E-state index contributed by atoms with van der Waals surface area (Å²) < 4.78 is 12.9. The summed E-state index contributed by atoms with van der Waals surface area (Å²) in [6, 6.07) is 9.46. The van der Waals surface area contributed by atoms with E-state index in [2.05, 4.69) is 5.10 Å². The van der Waals surface area contributed by atoms with Crippen LogP contribution < -0.4 is 9.47 Å². The molecule has 9 heteroatoms. The number of carbonyl (C=O) groups excluding carboxylic acids is 1. The monoisotopic (exact) mass is 455 g/mol. The zero-order chi connectivity index (χ0) is 23.3. The molecule has 2 aromatic carbocycles. The van der Waals surface area contributed by atoms with Crippen LogP contribution in [0.15, 0.2) is 48.7 Å². The first kappa shape index (κ1) is 23.0. The van der Waals surface area contributed by atoms with Crippen molar-refractivity contribution in [2.24, 2.45) is 0 Å². The van der Waals surface area contributed by atoms with Gasteiger partial charge >= 0.3 is 0 Å². The van der Waals surface area contributed by atoms with Gasteiger partial charge in [-0.15, -0.1) is 0 Å². The second-order valence-corrected chi connectivity index (χ2v) is 7.30. The number of ether oxygens (including phenoxy) is 2. The van der Waals surface area contributed by atoms with Crippen molar-refractivity contribution in [2.75, 3.05) is 7.11 Å². The molecule has 0 aliphatic carbocycles. The molecule has 0 spiro atoms. The Bertz CT molecular complexity index is 1190. The predicted octanol–water partition coefficient (Wildman–Crippen LogP) is 5.26. The molecule has 3 aromatic rings. The number of methoxy groups -OCH3 is 1. The van der Waals surface area contributed by atoms with Crippen LogP contribution in [0.1, 0.15) is 34.1 Å². The molecule has 0 amide bonds. The minimum atomic E-state index is -0.523. The van der Waals surface area contributed by atoms with E-state index in [1.54, 1.807) is 30.1 Å². The van der Waals surface area contributed by atoms with Gasteiger partial charge in [0.15, 0.2) is 5.78 Å². The fraction of sp³-hybridized carbons (Fsp3) is 0.217. The van der Waals surface area contributed by atoms with E-state index in [0.29, 0.717) is 23.6 Å². The number of nitrogens with zero attached hydrogens (tertiary/aromatic N) is 3. The van der Waals surface area contributed by atoms with Crippen LogP contribution in [0.5, 0.6) is 11.5 Å². The summed E-state index contributed by atoms with van der Waals surface area (Å²) in [6.07, 6.45) is 4.79. The molecule has 0 aliphatic heterocycles. The van der Waals surface area contributed by atoms with Crippen molar-refractivity contribution in [3.05, 3.63) is 86.2 Å². The summed E-state index contributed by atoms with van der Waals surface area (Å²) in [5, 5.41) is 15.2. The van der Waals surface area contributed by atoms with Crippen LogP contribution in [0.2, 0.25) is 5.02 Å². The molecule has 0 N–H and O–H groups in total. The molecule has 8 nitrogen and oxygen atoms in total. The van der Waals surface area contributed by atoms with Gasteiger partial charge in [-0.3, -0.25) is 19.6 Å². The normalized spacial score (nSPS) is 11.0. The van der Waals surface area contributed by atoms with Gasteiger partial charge in [0.05, 0.1) is 28.8 Å². The molecule has 166 valence electrons. The number of nitro groups is 1. The lowest BCUT2D eigenvalue weighted by atomic mass is 10.1. The zero-order valence-electron chi connectivity index (χ0n) is 17.9. The van der Waals surface area contributed by atoms with Crippen LogP contribution in [-0.2, 0) is 13.2 Å². The molecule has 0 atom stereocenters. The largest absolute Gasteiger partial charge is 0.496 e. The number of allylic oxidation sites excluding steroid dienone is 1. The molecule has 1 heterocycles. The molecular weight excluding hydrogens is 434 g/mol. The van der Waals surface area contributed by atoms with Gasteiger partial charge in [-0.25, -0.2) is 0 Å². The summed E-state index contributed by atoms with van der Waals surface area (Å²) in [5.41, 5.74) is 2.79. The molecule has 0 aliphatic rings. The molecule has 32 heavy (non-hydrogen) atoms. The van der Waals surface area contributed by atoms with Crippen LogP contribution in [0.25, 0.3) is 6.08 Å². The van der Waals surface area contributed by atoms with E-state index in [-0.39, 0.29) is 23.1 Å². The second kappa shape index (κ2) is 10.1. The zero-order valence-corrected chi connectivity index (χ0v) is 18.6. The SMILES string of the molecule is CCn1ncc(C(=O)/C=C/c2ccc(OC)c(COc3ccc([N+](=O)[O-])cc3Cl)c2)c1C.